The summed E-state index contributed by atoms with van der Waals surface area (Å²) in [6, 6.07) is 7.45. The van der Waals surface area contributed by atoms with Crippen molar-refractivity contribution < 1.29 is 9.90 Å². The second-order valence-electron chi connectivity index (χ2n) is 3.71. The number of carbonyl (C=O) groups is 1. The van der Waals surface area contributed by atoms with Crippen molar-refractivity contribution in [1.29, 1.82) is 0 Å². The van der Waals surface area contributed by atoms with Crippen LogP contribution in [0.5, 0.6) is 0 Å². The maximum atomic E-state index is 10.8. The first-order valence-corrected chi connectivity index (χ1v) is 6.45. The number of halogens is 1. The lowest BCUT2D eigenvalue weighted by Gasteiger charge is -2.02. The van der Waals surface area contributed by atoms with Crippen LogP contribution in [0.3, 0.4) is 0 Å². The van der Waals surface area contributed by atoms with E-state index in [9.17, 15) is 4.79 Å². The Labute approximate surface area is 113 Å². The second-order valence-corrected chi connectivity index (χ2v) is 5.35. The van der Waals surface area contributed by atoms with Gasteiger partial charge in [-0.25, -0.2) is 9.78 Å². The van der Waals surface area contributed by atoms with Crippen molar-refractivity contribution in [2.75, 3.05) is 5.32 Å². The number of benzene rings is 1. The van der Waals surface area contributed by atoms with Gasteiger partial charge < -0.3 is 10.4 Å². The maximum Gasteiger partial charge on any atom is 0.355 e. The van der Waals surface area contributed by atoms with E-state index < -0.39 is 5.97 Å². The van der Waals surface area contributed by atoms with Gasteiger partial charge in [0.15, 0.2) is 10.8 Å². The van der Waals surface area contributed by atoms with Crippen LogP contribution in [0.15, 0.2) is 24.3 Å². The number of nitrogens with one attached hydrogen (secondary N) is 1. The van der Waals surface area contributed by atoms with Crippen molar-refractivity contribution in [3.63, 3.8) is 0 Å². The Morgan fingerprint density at radius 2 is 2.11 bits per heavy atom. The largest absolute Gasteiger partial charge is 0.476 e. The quantitative estimate of drug-likeness (QED) is 0.902. The van der Waals surface area contributed by atoms with Crippen LogP contribution >= 0.6 is 22.9 Å². The van der Waals surface area contributed by atoms with Crippen molar-refractivity contribution in [3.8, 4) is 0 Å². The van der Waals surface area contributed by atoms with Crippen molar-refractivity contribution in [2.45, 2.75) is 13.5 Å². The van der Waals surface area contributed by atoms with Gasteiger partial charge in [-0.15, -0.1) is 11.3 Å². The van der Waals surface area contributed by atoms with Gasteiger partial charge in [0.25, 0.3) is 0 Å². The zero-order chi connectivity index (χ0) is 13.1. The fourth-order valence-corrected chi connectivity index (χ4v) is 2.38. The average molecular weight is 283 g/mol. The average Bonchev–Trinajstić information content (AvgIpc) is 2.70. The molecular weight excluding hydrogens is 272 g/mol. The van der Waals surface area contributed by atoms with E-state index in [0.29, 0.717) is 21.6 Å². The number of hydrogen-bond acceptors (Lipinski definition) is 4. The molecule has 18 heavy (non-hydrogen) atoms. The Hall–Kier alpha value is -1.59. The summed E-state index contributed by atoms with van der Waals surface area (Å²) in [5.74, 6) is -0.997. The molecule has 2 N–H and O–H groups in total. The third-order valence-corrected chi connectivity index (χ3v) is 3.54. The minimum Gasteiger partial charge on any atom is -0.476 e. The van der Waals surface area contributed by atoms with Gasteiger partial charge in [0, 0.05) is 16.4 Å². The molecule has 0 unspecified atom stereocenters. The van der Waals surface area contributed by atoms with Crippen molar-refractivity contribution in [1.82, 2.24) is 4.98 Å². The standard InChI is InChI=1S/C12H11ClN2O2S/c1-7-10(11(16)17)15-12(18-7)14-6-8-2-4-9(13)5-3-8/h2-5H,6H2,1H3,(H,14,15)(H,16,17). The van der Waals surface area contributed by atoms with Gasteiger partial charge in [0.1, 0.15) is 0 Å². The van der Waals surface area contributed by atoms with Gasteiger partial charge in [-0.3, -0.25) is 0 Å². The van der Waals surface area contributed by atoms with Crippen LogP contribution in [-0.4, -0.2) is 16.1 Å². The minimum absolute atomic E-state index is 0.110. The monoisotopic (exact) mass is 282 g/mol. The number of thiazole rings is 1. The summed E-state index contributed by atoms with van der Waals surface area (Å²) in [6.07, 6.45) is 0. The van der Waals surface area contributed by atoms with E-state index in [1.807, 2.05) is 24.3 Å². The van der Waals surface area contributed by atoms with Gasteiger partial charge in [-0.05, 0) is 24.6 Å². The molecule has 2 aromatic rings. The summed E-state index contributed by atoms with van der Waals surface area (Å²) < 4.78 is 0. The van der Waals surface area contributed by atoms with Crippen molar-refractivity contribution in [3.05, 3.63) is 45.4 Å². The summed E-state index contributed by atoms with van der Waals surface area (Å²) in [7, 11) is 0. The Morgan fingerprint density at radius 1 is 1.44 bits per heavy atom. The molecule has 0 bridgehead atoms. The molecule has 1 aromatic heterocycles. The molecule has 0 spiro atoms. The number of carboxylic acids is 1. The van der Waals surface area contributed by atoms with Crippen molar-refractivity contribution >= 4 is 34.0 Å². The highest BCUT2D eigenvalue weighted by Crippen LogP contribution is 2.22. The number of nitrogens with zero attached hydrogens (tertiary/aromatic N) is 1. The van der Waals surface area contributed by atoms with E-state index in [1.165, 1.54) is 11.3 Å². The lowest BCUT2D eigenvalue weighted by Crippen LogP contribution is -2.01. The van der Waals surface area contributed by atoms with Crippen LogP contribution in [0.25, 0.3) is 0 Å². The fraction of sp³-hybridized carbons (Fsp3) is 0.167. The normalized spacial score (nSPS) is 10.3. The van der Waals surface area contributed by atoms with Gasteiger partial charge in [-0.1, -0.05) is 23.7 Å². The molecule has 0 atom stereocenters. The third kappa shape index (κ3) is 3.00. The molecule has 1 heterocycles. The molecule has 0 radical (unpaired) electrons. The highest BCUT2D eigenvalue weighted by molar-refractivity contribution is 7.15. The maximum absolute atomic E-state index is 10.8. The highest BCUT2D eigenvalue weighted by Gasteiger charge is 2.13. The Balaban J connectivity index is 2.04. The van der Waals surface area contributed by atoms with Crippen LogP contribution in [0.1, 0.15) is 20.9 Å². The number of carboxylic acid groups (broad SMARTS) is 1. The Morgan fingerprint density at radius 3 is 2.67 bits per heavy atom. The highest BCUT2D eigenvalue weighted by atomic mass is 35.5. The summed E-state index contributed by atoms with van der Waals surface area (Å²) >= 11 is 7.13. The van der Waals surface area contributed by atoms with Gasteiger partial charge in [0.05, 0.1) is 0 Å². The smallest absolute Gasteiger partial charge is 0.355 e. The molecule has 94 valence electrons. The SMILES string of the molecule is Cc1sc(NCc2ccc(Cl)cc2)nc1C(=O)O. The molecule has 1 aromatic carbocycles. The molecule has 0 saturated carbocycles. The number of hydrogen-bond donors (Lipinski definition) is 2. The van der Waals surface area contributed by atoms with Gasteiger partial charge in [0.2, 0.25) is 0 Å². The molecule has 0 fully saturated rings. The summed E-state index contributed by atoms with van der Waals surface area (Å²) in [5.41, 5.74) is 1.17. The van der Waals surface area contributed by atoms with E-state index in [4.69, 9.17) is 16.7 Å². The zero-order valence-corrected chi connectivity index (χ0v) is 11.2. The van der Waals surface area contributed by atoms with E-state index in [0.717, 1.165) is 5.56 Å². The Kier molecular flexibility index (Phi) is 3.84. The van der Waals surface area contributed by atoms with Gasteiger partial charge >= 0.3 is 5.97 Å². The molecule has 4 nitrogen and oxygen atoms in total. The zero-order valence-electron chi connectivity index (χ0n) is 9.61. The predicted molar refractivity (Wildman–Crippen MR) is 72.6 cm³/mol. The van der Waals surface area contributed by atoms with E-state index in [1.54, 1.807) is 6.92 Å². The Bertz CT molecular complexity index is 566. The first-order chi connectivity index (χ1) is 8.56. The number of aryl methyl sites for hydroxylation is 1. The van der Waals surface area contributed by atoms with Crippen LogP contribution in [-0.2, 0) is 6.54 Å². The van der Waals surface area contributed by atoms with E-state index in [2.05, 4.69) is 10.3 Å². The van der Waals surface area contributed by atoms with Crippen LogP contribution in [0, 0.1) is 6.92 Å². The lowest BCUT2D eigenvalue weighted by molar-refractivity contribution is 0.0690. The molecule has 2 rings (SSSR count). The van der Waals surface area contributed by atoms with Crippen molar-refractivity contribution in [2.24, 2.45) is 0 Å². The van der Waals surface area contributed by atoms with Gasteiger partial charge in [-0.2, -0.15) is 0 Å². The number of anilines is 1. The topological polar surface area (TPSA) is 62.2 Å². The lowest BCUT2D eigenvalue weighted by atomic mass is 10.2. The second kappa shape index (κ2) is 5.37. The molecule has 0 amide bonds. The summed E-state index contributed by atoms with van der Waals surface area (Å²) in [4.78, 5) is 15.6. The third-order valence-electron chi connectivity index (χ3n) is 2.36. The summed E-state index contributed by atoms with van der Waals surface area (Å²) in [6.45, 7) is 2.33. The minimum atomic E-state index is -0.997. The number of rotatable bonds is 4. The van der Waals surface area contributed by atoms with E-state index >= 15 is 0 Å². The molecule has 0 aliphatic carbocycles. The molecular formula is C12H11ClN2O2S. The molecule has 0 aliphatic rings. The fourth-order valence-electron chi connectivity index (χ4n) is 1.45. The summed E-state index contributed by atoms with van der Waals surface area (Å²) in [5, 5.41) is 13.3. The number of aromatic carboxylic acids is 1. The first kappa shape index (κ1) is 12.9. The first-order valence-electron chi connectivity index (χ1n) is 5.25. The molecule has 6 heteroatoms. The molecule has 0 aliphatic heterocycles. The van der Waals surface area contributed by atoms with Crippen LogP contribution in [0.2, 0.25) is 5.02 Å². The van der Waals surface area contributed by atoms with E-state index in [-0.39, 0.29) is 5.69 Å². The van der Waals surface area contributed by atoms with Crippen LogP contribution < -0.4 is 5.32 Å². The van der Waals surface area contributed by atoms with Crippen LogP contribution in [0.4, 0.5) is 5.13 Å². The number of aromatic nitrogens is 1. The molecule has 0 saturated heterocycles. The predicted octanol–water partition coefficient (Wildman–Crippen LogP) is 3.42.